The Labute approximate surface area is 167 Å². The number of carbonyl (C=O) groups excluding carboxylic acids is 2. The lowest BCUT2D eigenvalue weighted by atomic mass is 10.0. The number of hydrogen-bond donors (Lipinski definition) is 4. The highest BCUT2D eigenvalue weighted by molar-refractivity contribution is 7.80. The number of amides is 2. The van der Waals surface area contributed by atoms with Gasteiger partial charge in [0.05, 0.1) is 6.04 Å². The summed E-state index contributed by atoms with van der Waals surface area (Å²) in [5.41, 5.74) is -0.0828. The van der Waals surface area contributed by atoms with Crippen LogP contribution in [0.2, 0.25) is 0 Å². The number of thiol groups is 1. The second-order valence-corrected chi connectivity index (χ2v) is 7.59. The number of rotatable bonds is 11. The largest absolute Gasteiger partial charge is 0.445 e. The summed E-state index contributed by atoms with van der Waals surface area (Å²) in [5, 5.41) is 15.2. The van der Waals surface area contributed by atoms with Crippen molar-refractivity contribution in [3.63, 3.8) is 0 Å². The number of nitrogens with one attached hydrogen (secondary N) is 2. The van der Waals surface area contributed by atoms with Crippen molar-refractivity contribution in [3.8, 4) is 0 Å². The van der Waals surface area contributed by atoms with Crippen LogP contribution in [0.25, 0.3) is 0 Å². The molecule has 2 amide bonds. The molecule has 3 atom stereocenters. The van der Waals surface area contributed by atoms with Gasteiger partial charge < -0.3 is 20.5 Å². The summed E-state index contributed by atoms with van der Waals surface area (Å²) in [6, 6.07) is 8.14. The van der Waals surface area contributed by atoms with E-state index < -0.39 is 23.6 Å². The number of carbonyl (C=O) groups is 2. The van der Waals surface area contributed by atoms with Crippen molar-refractivity contribution < 1.29 is 19.4 Å². The van der Waals surface area contributed by atoms with Crippen molar-refractivity contribution >= 4 is 24.6 Å². The molecule has 0 saturated carbocycles. The average molecular weight is 397 g/mol. The molecule has 0 aliphatic rings. The summed E-state index contributed by atoms with van der Waals surface area (Å²) < 4.78 is 5.21. The zero-order chi connectivity index (χ0) is 20.2. The highest BCUT2D eigenvalue weighted by atomic mass is 32.1. The van der Waals surface area contributed by atoms with E-state index in [0.717, 1.165) is 18.4 Å². The number of unbranched alkanes of at least 4 members (excludes halogenated alkanes) is 1. The Morgan fingerprint density at radius 2 is 1.85 bits per heavy atom. The van der Waals surface area contributed by atoms with Gasteiger partial charge in [0, 0.05) is 0 Å². The molecule has 0 fully saturated rings. The summed E-state index contributed by atoms with van der Waals surface area (Å²) in [5.74, 6) is -0.139. The Kier molecular flexibility index (Phi) is 10.9. The Morgan fingerprint density at radius 3 is 2.41 bits per heavy atom. The maximum atomic E-state index is 12.6. The van der Waals surface area contributed by atoms with Crippen LogP contribution in [-0.4, -0.2) is 34.6 Å². The zero-order valence-corrected chi connectivity index (χ0v) is 17.2. The molecule has 0 spiro atoms. The molecule has 1 rings (SSSR count). The maximum absolute atomic E-state index is 12.6. The van der Waals surface area contributed by atoms with E-state index in [4.69, 9.17) is 4.74 Å². The maximum Gasteiger partial charge on any atom is 0.408 e. The van der Waals surface area contributed by atoms with Crippen molar-refractivity contribution in [1.82, 2.24) is 10.6 Å². The van der Waals surface area contributed by atoms with Crippen LogP contribution in [0.5, 0.6) is 0 Å². The molecule has 0 unspecified atom stereocenters. The number of aliphatic hydroxyl groups excluding tert-OH is 1. The Hall–Kier alpha value is -1.73. The lowest BCUT2D eigenvalue weighted by molar-refractivity contribution is -0.124. The fourth-order valence-corrected chi connectivity index (χ4v) is 2.84. The number of alkyl carbamates (subject to hydrolysis) is 1. The quantitative estimate of drug-likeness (QED) is 0.342. The molecule has 0 aliphatic heterocycles. The average Bonchev–Trinajstić information content (AvgIpc) is 2.63. The molecule has 6 nitrogen and oxygen atoms in total. The summed E-state index contributed by atoms with van der Waals surface area (Å²) in [6.45, 7) is 6.12. The van der Waals surface area contributed by atoms with Crippen molar-refractivity contribution in [2.75, 3.05) is 0 Å². The molecular formula is C20H32N2O4S. The van der Waals surface area contributed by atoms with Gasteiger partial charge in [0.1, 0.15) is 18.1 Å². The lowest BCUT2D eigenvalue weighted by Gasteiger charge is -2.25. The molecule has 3 N–H and O–H groups in total. The molecule has 152 valence electrons. The second-order valence-electron chi connectivity index (χ2n) is 7.06. The predicted octanol–water partition coefficient (Wildman–Crippen LogP) is 3.25. The molecule has 0 bridgehead atoms. The topological polar surface area (TPSA) is 87.7 Å². The van der Waals surface area contributed by atoms with Crippen LogP contribution >= 0.6 is 12.6 Å². The Balaban J connectivity index is 2.64. The van der Waals surface area contributed by atoms with Crippen LogP contribution in [0.1, 0.15) is 52.0 Å². The van der Waals surface area contributed by atoms with Crippen LogP contribution in [0.15, 0.2) is 30.3 Å². The van der Waals surface area contributed by atoms with Gasteiger partial charge in [-0.1, -0.05) is 63.9 Å². The summed E-state index contributed by atoms with van der Waals surface area (Å²) >= 11 is 4.05. The Morgan fingerprint density at radius 1 is 1.19 bits per heavy atom. The first-order valence-corrected chi connectivity index (χ1v) is 9.98. The van der Waals surface area contributed by atoms with E-state index in [2.05, 4.69) is 23.3 Å². The molecule has 0 aromatic heterocycles. The van der Waals surface area contributed by atoms with E-state index in [1.807, 2.05) is 51.1 Å². The molecule has 0 heterocycles. The van der Waals surface area contributed by atoms with Gasteiger partial charge in [-0.3, -0.25) is 4.79 Å². The first-order chi connectivity index (χ1) is 12.8. The minimum absolute atomic E-state index is 0.136. The number of hydrogen-bond acceptors (Lipinski definition) is 5. The van der Waals surface area contributed by atoms with Crippen molar-refractivity contribution in [3.05, 3.63) is 35.9 Å². The minimum atomic E-state index is -0.953. The van der Waals surface area contributed by atoms with Gasteiger partial charge in [-0.05, 0) is 24.3 Å². The molecule has 0 aliphatic carbocycles. The number of ether oxygens (including phenoxy) is 1. The van der Waals surface area contributed by atoms with Gasteiger partial charge in [-0.25, -0.2) is 4.79 Å². The van der Waals surface area contributed by atoms with Crippen molar-refractivity contribution in [2.24, 2.45) is 5.92 Å². The van der Waals surface area contributed by atoms with Gasteiger partial charge >= 0.3 is 6.09 Å². The molecule has 7 heteroatoms. The predicted molar refractivity (Wildman–Crippen MR) is 109 cm³/mol. The van der Waals surface area contributed by atoms with Gasteiger partial charge in [0.25, 0.3) is 0 Å². The van der Waals surface area contributed by atoms with Crippen molar-refractivity contribution in [2.45, 2.75) is 70.6 Å². The van der Waals surface area contributed by atoms with Gasteiger partial charge in [-0.15, -0.1) is 12.6 Å². The third-order valence-electron chi connectivity index (χ3n) is 4.08. The van der Waals surface area contributed by atoms with Crippen LogP contribution in [0.4, 0.5) is 4.79 Å². The van der Waals surface area contributed by atoms with E-state index in [1.165, 1.54) is 0 Å². The van der Waals surface area contributed by atoms with Gasteiger partial charge in [-0.2, -0.15) is 0 Å². The van der Waals surface area contributed by atoms with E-state index in [-0.39, 0.29) is 18.4 Å². The summed E-state index contributed by atoms with van der Waals surface area (Å²) in [7, 11) is 0. The lowest BCUT2D eigenvalue weighted by Crippen LogP contribution is -2.52. The molecule has 1 aromatic carbocycles. The number of aliphatic hydroxyl groups is 1. The van der Waals surface area contributed by atoms with Gasteiger partial charge in [0.15, 0.2) is 0 Å². The first kappa shape index (κ1) is 23.3. The Bertz CT molecular complexity index is 566. The molecule has 1 aromatic rings. The number of benzene rings is 1. The first-order valence-electron chi connectivity index (χ1n) is 9.47. The van der Waals surface area contributed by atoms with E-state index in [9.17, 15) is 14.7 Å². The monoisotopic (exact) mass is 396 g/mol. The normalized spacial score (nSPS) is 14.3. The fraction of sp³-hybridized carbons (Fsp3) is 0.600. The van der Waals surface area contributed by atoms with Crippen molar-refractivity contribution in [1.29, 1.82) is 0 Å². The highest BCUT2D eigenvalue weighted by Crippen LogP contribution is 2.11. The molecule has 0 radical (unpaired) electrons. The van der Waals surface area contributed by atoms with Crippen LogP contribution in [0, 0.1) is 5.92 Å². The van der Waals surface area contributed by atoms with Gasteiger partial charge in [0.2, 0.25) is 5.91 Å². The third-order valence-corrected chi connectivity index (χ3v) is 4.44. The van der Waals surface area contributed by atoms with E-state index in [0.29, 0.717) is 12.8 Å². The smallest absolute Gasteiger partial charge is 0.408 e. The SMILES string of the molecule is CCCC[C@H](NC(=O)[C@H](CC(C)C)NC(=O)OCc1ccccc1)[C@H](O)S. The standard InChI is InChI=1S/C20H32N2O4S/c1-4-5-11-16(19(24)27)21-18(23)17(12-14(2)3)22-20(25)26-13-15-9-7-6-8-10-15/h6-10,14,16-17,19,24,27H,4-5,11-13H2,1-3H3,(H,21,23)(H,22,25)/t16-,17-,19+/m0/s1. The molecular weight excluding hydrogens is 364 g/mol. The second kappa shape index (κ2) is 12.6. The minimum Gasteiger partial charge on any atom is -0.445 e. The fourth-order valence-electron chi connectivity index (χ4n) is 2.61. The summed E-state index contributed by atoms with van der Waals surface area (Å²) in [6.07, 6.45) is 2.27. The van der Waals surface area contributed by atoms with Crippen LogP contribution < -0.4 is 10.6 Å². The van der Waals surface area contributed by atoms with E-state index in [1.54, 1.807) is 0 Å². The third kappa shape index (κ3) is 9.68. The molecule has 27 heavy (non-hydrogen) atoms. The molecule has 0 saturated heterocycles. The zero-order valence-electron chi connectivity index (χ0n) is 16.4. The highest BCUT2D eigenvalue weighted by Gasteiger charge is 2.26. The van der Waals surface area contributed by atoms with E-state index >= 15 is 0 Å². The summed E-state index contributed by atoms with van der Waals surface area (Å²) in [4.78, 5) is 24.8. The van der Waals surface area contributed by atoms with Crippen LogP contribution in [0.3, 0.4) is 0 Å². The van der Waals surface area contributed by atoms with Crippen LogP contribution in [-0.2, 0) is 16.1 Å².